The molecule has 7 nitrogen and oxygen atoms in total. The van der Waals surface area contributed by atoms with Gasteiger partial charge in [-0.15, -0.1) is 0 Å². The molecule has 2 rings (SSSR count). The molecule has 18 heavy (non-hydrogen) atoms. The molecule has 0 aromatic carbocycles. The van der Waals surface area contributed by atoms with Gasteiger partial charge in [0.15, 0.2) is 0 Å². The molecule has 96 valence electrons. The van der Waals surface area contributed by atoms with E-state index in [1.54, 1.807) is 10.9 Å². The number of nitrogen functional groups attached to an aromatic ring is 1. The lowest BCUT2D eigenvalue weighted by Crippen LogP contribution is -2.13. The summed E-state index contributed by atoms with van der Waals surface area (Å²) in [5.41, 5.74) is 3.58. The standard InChI is InChI=1S/C10H14BrN7/c1-18-6-7(4-15-18)2-3-13-9-8(11)5-14-10(16-9)17-12/h4-6H,2-3,12H2,1H3,(H2,13,14,16,17). The summed E-state index contributed by atoms with van der Waals surface area (Å²) in [4.78, 5) is 8.18. The second kappa shape index (κ2) is 5.78. The van der Waals surface area contributed by atoms with Crippen LogP contribution in [0.1, 0.15) is 5.56 Å². The summed E-state index contributed by atoms with van der Waals surface area (Å²) in [7, 11) is 1.90. The van der Waals surface area contributed by atoms with Gasteiger partial charge in [0.1, 0.15) is 5.82 Å². The zero-order valence-electron chi connectivity index (χ0n) is 9.89. The van der Waals surface area contributed by atoms with Crippen molar-refractivity contribution in [1.82, 2.24) is 19.7 Å². The van der Waals surface area contributed by atoms with Crippen LogP contribution >= 0.6 is 15.9 Å². The van der Waals surface area contributed by atoms with Crippen molar-refractivity contribution < 1.29 is 0 Å². The monoisotopic (exact) mass is 311 g/mol. The molecule has 0 spiro atoms. The highest BCUT2D eigenvalue weighted by Crippen LogP contribution is 2.19. The zero-order chi connectivity index (χ0) is 13.0. The molecule has 0 aliphatic heterocycles. The number of aryl methyl sites for hydroxylation is 1. The quantitative estimate of drug-likeness (QED) is 0.561. The Balaban J connectivity index is 1.93. The van der Waals surface area contributed by atoms with Crippen LogP contribution in [0.4, 0.5) is 11.8 Å². The lowest BCUT2D eigenvalue weighted by Gasteiger charge is -2.07. The Morgan fingerprint density at radius 3 is 2.94 bits per heavy atom. The van der Waals surface area contributed by atoms with Crippen molar-refractivity contribution in [3.63, 3.8) is 0 Å². The summed E-state index contributed by atoms with van der Waals surface area (Å²) in [6.07, 6.45) is 6.36. The van der Waals surface area contributed by atoms with Crippen molar-refractivity contribution >= 4 is 27.7 Å². The van der Waals surface area contributed by atoms with Gasteiger partial charge in [0.25, 0.3) is 0 Å². The average Bonchev–Trinajstić information content (AvgIpc) is 2.77. The molecule has 2 aromatic rings. The van der Waals surface area contributed by atoms with E-state index in [1.165, 1.54) is 5.56 Å². The van der Waals surface area contributed by atoms with Crippen LogP contribution in [-0.4, -0.2) is 26.3 Å². The van der Waals surface area contributed by atoms with E-state index in [2.05, 4.69) is 41.7 Å². The normalized spacial score (nSPS) is 10.4. The molecule has 4 N–H and O–H groups in total. The van der Waals surface area contributed by atoms with Gasteiger partial charge in [-0.25, -0.2) is 10.8 Å². The molecule has 0 amide bonds. The number of aromatic nitrogens is 4. The Morgan fingerprint density at radius 2 is 2.28 bits per heavy atom. The molecule has 2 aromatic heterocycles. The lowest BCUT2D eigenvalue weighted by molar-refractivity contribution is 0.767. The van der Waals surface area contributed by atoms with Crippen LogP contribution in [-0.2, 0) is 13.5 Å². The van der Waals surface area contributed by atoms with Gasteiger partial charge < -0.3 is 5.32 Å². The fourth-order valence-corrected chi connectivity index (χ4v) is 1.82. The van der Waals surface area contributed by atoms with E-state index in [0.29, 0.717) is 11.8 Å². The van der Waals surface area contributed by atoms with Crippen LogP contribution in [0.3, 0.4) is 0 Å². The first-order valence-corrected chi connectivity index (χ1v) is 6.19. The molecule has 0 fully saturated rings. The Hall–Kier alpha value is -1.67. The van der Waals surface area contributed by atoms with E-state index in [4.69, 9.17) is 5.84 Å². The summed E-state index contributed by atoms with van der Waals surface area (Å²) in [5, 5.41) is 7.33. The van der Waals surface area contributed by atoms with Gasteiger partial charge in [-0.2, -0.15) is 10.1 Å². The number of nitrogens with one attached hydrogen (secondary N) is 2. The molecule has 2 heterocycles. The maximum Gasteiger partial charge on any atom is 0.239 e. The van der Waals surface area contributed by atoms with E-state index in [1.807, 2.05) is 19.4 Å². The Morgan fingerprint density at radius 1 is 1.44 bits per heavy atom. The highest BCUT2D eigenvalue weighted by atomic mass is 79.9. The number of nitrogens with zero attached hydrogens (tertiary/aromatic N) is 4. The SMILES string of the molecule is Cn1cc(CCNc2nc(NN)ncc2Br)cn1. The minimum absolute atomic E-state index is 0.377. The maximum atomic E-state index is 5.26. The minimum Gasteiger partial charge on any atom is -0.369 e. The molecule has 8 heteroatoms. The van der Waals surface area contributed by atoms with E-state index in [9.17, 15) is 0 Å². The summed E-state index contributed by atoms with van der Waals surface area (Å²) < 4.78 is 2.58. The third kappa shape index (κ3) is 3.17. The van der Waals surface area contributed by atoms with Crippen molar-refractivity contribution in [3.05, 3.63) is 28.6 Å². The number of rotatable bonds is 5. The number of hydrogen-bond donors (Lipinski definition) is 3. The topological polar surface area (TPSA) is 93.7 Å². The van der Waals surface area contributed by atoms with Crippen LogP contribution in [0.2, 0.25) is 0 Å². The summed E-state index contributed by atoms with van der Waals surface area (Å²) in [5.74, 6) is 6.35. The van der Waals surface area contributed by atoms with Crippen molar-refractivity contribution in [2.75, 3.05) is 17.3 Å². The second-order valence-corrected chi connectivity index (χ2v) is 4.59. The van der Waals surface area contributed by atoms with Crippen molar-refractivity contribution in [3.8, 4) is 0 Å². The van der Waals surface area contributed by atoms with Gasteiger partial charge in [-0.1, -0.05) is 0 Å². The first-order valence-electron chi connectivity index (χ1n) is 5.39. The molecule has 0 unspecified atom stereocenters. The van der Waals surface area contributed by atoms with Crippen LogP contribution in [0, 0.1) is 0 Å². The number of hydrogen-bond acceptors (Lipinski definition) is 6. The van der Waals surface area contributed by atoms with Gasteiger partial charge in [0, 0.05) is 26.0 Å². The number of nitrogens with two attached hydrogens (primary N) is 1. The predicted molar refractivity (Wildman–Crippen MR) is 72.9 cm³/mol. The van der Waals surface area contributed by atoms with E-state index < -0.39 is 0 Å². The number of hydrazine groups is 1. The highest BCUT2D eigenvalue weighted by molar-refractivity contribution is 9.10. The Bertz CT molecular complexity index is 525. The number of anilines is 2. The van der Waals surface area contributed by atoms with Gasteiger partial charge in [0.2, 0.25) is 5.95 Å². The van der Waals surface area contributed by atoms with Crippen LogP contribution in [0.15, 0.2) is 23.1 Å². The Kier molecular flexibility index (Phi) is 4.11. The molecule has 0 atom stereocenters. The van der Waals surface area contributed by atoms with Crippen molar-refractivity contribution in [2.45, 2.75) is 6.42 Å². The predicted octanol–water partition coefficient (Wildman–Crippen LogP) is 0.913. The fourth-order valence-electron chi connectivity index (χ4n) is 1.49. The summed E-state index contributed by atoms with van der Waals surface area (Å²) in [6, 6.07) is 0. The zero-order valence-corrected chi connectivity index (χ0v) is 11.5. The van der Waals surface area contributed by atoms with Crippen molar-refractivity contribution in [1.29, 1.82) is 0 Å². The molecular formula is C10H14BrN7. The fraction of sp³-hybridized carbons (Fsp3) is 0.300. The minimum atomic E-state index is 0.377. The molecule has 0 aliphatic carbocycles. The summed E-state index contributed by atoms with van der Waals surface area (Å²) >= 11 is 3.38. The van der Waals surface area contributed by atoms with E-state index in [-0.39, 0.29) is 0 Å². The third-order valence-corrected chi connectivity index (χ3v) is 2.92. The van der Waals surface area contributed by atoms with E-state index in [0.717, 1.165) is 17.4 Å². The molecule has 0 bridgehead atoms. The third-order valence-electron chi connectivity index (χ3n) is 2.34. The van der Waals surface area contributed by atoms with Gasteiger partial charge in [-0.3, -0.25) is 10.1 Å². The van der Waals surface area contributed by atoms with Gasteiger partial charge in [0.05, 0.1) is 10.7 Å². The largest absolute Gasteiger partial charge is 0.369 e. The molecule has 0 aliphatic rings. The van der Waals surface area contributed by atoms with Crippen LogP contribution < -0.4 is 16.6 Å². The van der Waals surface area contributed by atoms with Crippen LogP contribution in [0.25, 0.3) is 0 Å². The first-order chi connectivity index (χ1) is 8.69. The number of halogens is 1. The lowest BCUT2D eigenvalue weighted by atomic mass is 10.2. The van der Waals surface area contributed by atoms with Gasteiger partial charge >= 0.3 is 0 Å². The summed E-state index contributed by atoms with van der Waals surface area (Å²) in [6.45, 7) is 0.755. The smallest absolute Gasteiger partial charge is 0.239 e. The van der Waals surface area contributed by atoms with E-state index >= 15 is 0 Å². The van der Waals surface area contributed by atoms with Gasteiger partial charge in [-0.05, 0) is 27.9 Å². The molecule has 0 saturated heterocycles. The second-order valence-electron chi connectivity index (χ2n) is 3.73. The molecule has 0 saturated carbocycles. The van der Waals surface area contributed by atoms with Crippen LogP contribution in [0.5, 0.6) is 0 Å². The average molecular weight is 312 g/mol. The highest BCUT2D eigenvalue weighted by Gasteiger charge is 2.04. The maximum absolute atomic E-state index is 5.26. The first kappa shape index (κ1) is 12.8. The molecular weight excluding hydrogens is 298 g/mol. The Labute approximate surface area is 113 Å². The van der Waals surface area contributed by atoms with Crippen molar-refractivity contribution in [2.24, 2.45) is 12.9 Å². The molecule has 0 radical (unpaired) electrons.